The second-order valence-corrected chi connectivity index (χ2v) is 7.27. The van der Waals surface area contributed by atoms with Gasteiger partial charge in [0.15, 0.2) is 5.58 Å². The summed E-state index contributed by atoms with van der Waals surface area (Å²) in [5.74, 6) is 2.44. The van der Waals surface area contributed by atoms with Crippen LogP contribution in [0.1, 0.15) is 43.3 Å². The van der Waals surface area contributed by atoms with E-state index in [4.69, 9.17) is 4.42 Å². The van der Waals surface area contributed by atoms with Gasteiger partial charge in [0.1, 0.15) is 17.1 Å². The fraction of sp³-hybridized carbons (Fsp3) is 0.286. The Kier molecular flexibility index (Phi) is 3.70. The Morgan fingerprint density at radius 1 is 1.30 bits per heavy atom. The molecule has 1 aliphatic rings. The lowest BCUT2D eigenvalue weighted by molar-refractivity contribution is -0.122. The van der Waals surface area contributed by atoms with Crippen molar-refractivity contribution < 1.29 is 9.21 Å². The molecule has 1 saturated carbocycles. The summed E-state index contributed by atoms with van der Waals surface area (Å²) in [5.41, 5.74) is 3.57. The van der Waals surface area contributed by atoms with Crippen LogP contribution >= 0.6 is 0 Å². The molecule has 1 aliphatic carbocycles. The Bertz CT molecular complexity index is 1060. The van der Waals surface area contributed by atoms with Crippen molar-refractivity contribution in [3.05, 3.63) is 60.2 Å². The Balaban J connectivity index is 1.21. The van der Waals surface area contributed by atoms with Crippen molar-refractivity contribution in [2.75, 3.05) is 0 Å². The number of rotatable bonds is 5. The van der Waals surface area contributed by atoms with E-state index in [-0.39, 0.29) is 11.9 Å². The summed E-state index contributed by atoms with van der Waals surface area (Å²) in [4.78, 5) is 24.7. The van der Waals surface area contributed by atoms with E-state index in [9.17, 15) is 4.79 Å². The van der Waals surface area contributed by atoms with Gasteiger partial charge in [0.2, 0.25) is 5.91 Å². The van der Waals surface area contributed by atoms with Gasteiger partial charge >= 0.3 is 0 Å². The van der Waals surface area contributed by atoms with Crippen LogP contribution in [-0.2, 0) is 4.79 Å². The first kappa shape index (κ1) is 16.1. The zero-order chi connectivity index (χ0) is 18.4. The maximum atomic E-state index is 12.4. The number of pyridine rings is 1. The molecule has 3 aromatic heterocycles. The number of benzene rings is 1. The Morgan fingerprint density at radius 2 is 2.19 bits per heavy atom. The Hall–Kier alpha value is -3.15. The van der Waals surface area contributed by atoms with Crippen LogP contribution < -0.4 is 5.32 Å². The Morgan fingerprint density at radius 3 is 3.04 bits per heavy atom. The molecule has 1 aromatic carbocycles. The Labute approximate surface area is 156 Å². The quantitative estimate of drug-likeness (QED) is 0.562. The summed E-state index contributed by atoms with van der Waals surface area (Å²) >= 11 is 0. The third kappa shape index (κ3) is 3.07. The number of furan rings is 1. The molecular weight excluding hydrogens is 340 g/mol. The number of aromatic amines is 1. The van der Waals surface area contributed by atoms with Crippen LogP contribution in [-0.4, -0.2) is 20.9 Å². The van der Waals surface area contributed by atoms with Gasteiger partial charge in [-0.3, -0.25) is 9.78 Å². The maximum absolute atomic E-state index is 12.4. The standard InChI is InChI=1S/C21H20N4O2/c1-12(19-11-17-18(27-19)7-4-8-22-17)23-20(26)10-13-9-14(13)21-24-15-5-2-3-6-16(15)25-21/h2-8,11-14H,9-10H2,1H3,(H,23,26)(H,24,25)/t12?,13-,14-/m0/s1. The van der Waals surface area contributed by atoms with Crippen molar-refractivity contribution in [3.63, 3.8) is 0 Å². The molecule has 1 amide bonds. The van der Waals surface area contributed by atoms with E-state index < -0.39 is 0 Å². The van der Waals surface area contributed by atoms with Crippen molar-refractivity contribution in [2.45, 2.75) is 31.7 Å². The van der Waals surface area contributed by atoms with Gasteiger partial charge in [-0.15, -0.1) is 0 Å². The summed E-state index contributed by atoms with van der Waals surface area (Å²) < 4.78 is 5.78. The molecule has 5 rings (SSSR count). The molecule has 136 valence electrons. The monoisotopic (exact) mass is 360 g/mol. The minimum absolute atomic E-state index is 0.0412. The highest BCUT2D eigenvalue weighted by atomic mass is 16.3. The van der Waals surface area contributed by atoms with Gasteiger partial charge in [0.05, 0.1) is 17.1 Å². The molecule has 0 saturated heterocycles. The van der Waals surface area contributed by atoms with Crippen LogP contribution in [0.25, 0.3) is 22.1 Å². The van der Waals surface area contributed by atoms with Crippen LogP contribution in [0.3, 0.4) is 0 Å². The third-order valence-corrected chi connectivity index (χ3v) is 5.24. The number of imidazole rings is 1. The number of hydrogen-bond donors (Lipinski definition) is 2. The summed E-state index contributed by atoms with van der Waals surface area (Å²) in [7, 11) is 0. The van der Waals surface area contributed by atoms with E-state index in [0.717, 1.165) is 40.1 Å². The smallest absolute Gasteiger partial charge is 0.220 e. The zero-order valence-corrected chi connectivity index (χ0v) is 15.0. The van der Waals surface area contributed by atoms with E-state index in [1.807, 2.05) is 49.4 Å². The van der Waals surface area contributed by atoms with Gasteiger partial charge in [-0.1, -0.05) is 12.1 Å². The molecule has 0 spiro atoms. The number of amides is 1. The van der Waals surface area contributed by atoms with Crippen LogP contribution in [0.2, 0.25) is 0 Å². The van der Waals surface area contributed by atoms with Gasteiger partial charge in [0, 0.05) is 24.6 Å². The maximum Gasteiger partial charge on any atom is 0.220 e. The summed E-state index contributed by atoms with van der Waals surface area (Å²) in [6, 6.07) is 13.4. The molecule has 3 heterocycles. The average Bonchev–Trinajstić information content (AvgIpc) is 3.11. The zero-order valence-electron chi connectivity index (χ0n) is 15.0. The van der Waals surface area contributed by atoms with E-state index >= 15 is 0 Å². The fourth-order valence-electron chi connectivity index (χ4n) is 3.67. The van der Waals surface area contributed by atoms with E-state index in [0.29, 0.717) is 18.3 Å². The number of nitrogens with one attached hydrogen (secondary N) is 2. The van der Waals surface area contributed by atoms with Crippen molar-refractivity contribution >= 4 is 28.0 Å². The number of para-hydroxylation sites is 2. The molecule has 0 aliphatic heterocycles. The van der Waals surface area contributed by atoms with Crippen molar-refractivity contribution in [1.82, 2.24) is 20.3 Å². The molecule has 6 heteroatoms. The normalized spacial score (nSPS) is 20.0. The highest BCUT2D eigenvalue weighted by Gasteiger charge is 2.41. The number of H-pyrrole nitrogens is 1. The third-order valence-electron chi connectivity index (χ3n) is 5.24. The van der Waals surface area contributed by atoms with Crippen molar-refractivity contribution in [3.8, 4) is 0 Å². The largest absolute Gasteiger partial charge is 0.457 e. The molecule has 0 radical (unpaired) electrons. The summed E-state index contributed by atoms with van der Waals surface area (Å²) in [6.07, 6.45) is 3.23. The van der Waals surface area contributed by atoms with Crippen LogP contribution in [0.4, 0.5) is 0 Å². The average molecular weight is 360 g/mol. The molecule has 3 atom stereocenters. The van der Waals surface area contributed by atoms with Crippen LogP contribution in [0.5, 0.6) is 0 Å². The number of carbonyl (C=O) groups is 1. The van der Waals surface area contributed by atoms with E-state index in [2.05, 4.69) is 20.3 Å². The van der Waals surface area contributed by atoms with E-state index in [1.54, 1.807) is 6.20 Å². The molecule has 27 heavy (non-hydrogen) atoms. The van der Waals surface area contributed by atoms with Gasteiger partial charge in [0.25, 0.3) is 0 Å². The lowest BCUT2D eigenvalue weighted by atomic mass is 10.2. The first-order chi connectivity index (χ1) is 13.2. The lowest BCUT2D eigenvalue weighted by Crippen LogP contribution is -2.26. The number of aromatic nitrogens is 3. The SMILES string of the molecule is CC(NC(=O)C[C@@H]1C[C@@H]1c1nc2ccccc2[nH]1)c1cc2ncccc2o1. The minimum atomic E-state index is -0.185. The van der Waals surface area contributed by atoms with Gasteiger partial charge in [-0.25, -0.2) is 4.98 Å². The highest BCUT2D eigenvalue weighted by molar-refractivity contribution is 5.78. The van der Waals surface area contributed by atoms with Gasteiger partial charge < -0.3 is 14.7 Å². The van der Waals surface area contributed by atoms with Gasteiger partial charge in [-0.2, -0.15) is 0 Å². The molecule has 1 fully saturated rings. The first-order valence-corrected chi connectivity index (χ1v) is 9.26. The van der Waals surface area contributed by atoms with Gasteiger partial charge in [-0.05, 0) is 43.5 Å². The predicted octanol–water partition coefficient (Wildman–Crippen LogP) is 4.08. The number of hydrogen-bond acceptors (Lipinski definition) is 4. The predicted molar refractivity (Wildman–Crippen MR) is 102 cm³/mol. The molecule has 6 nitrogen and oxygen atoms in total. The topological polar surface area (TPSA) is 83.8 Å². The van der Waals surface area contributed by atoms with E-state index in [1.165, 1.54) is 0 Å². The molecule has 4 aromatic rings. The molecule has 2 N–H and O–H groups in total. The second kappa shape index (κ2) is 6.23. The molecular formula is C21H20N4O2. The number of carbonyl (C=O) groups excluding carboxylic acids is 1. The number of nitrogens with zero attached hydrogens (tertiary/aromatic N) is 2. The minimum Gasteiger partial charge on any atom is -0.457 e. The van der Waals surface area contributed by atoms with Crippen LogP contribution in [0.15, 0.2) is 53.1 Å². The van der Waals surface area contributed by atoms with Crippen LogP contribution in [0, 0.1) is 5.92 Å². The number of fused-ring (bicyclic) bond motifs is 2. The first-order valence-electron chi connectivity index (χ1n) is 9.26. The lowest BCUT2D eigenvalue weighted by Gasteiger charge is -2.11. The van der Waals surface area contributed by atoms with Crippen molar-refractivity contribution in [1.29, 1.82) is 0 Å². The summed E-state index contributed by atoms with van der Waals surface area (Å²) in [6.45, 7) is 1.93. The highest BCUT2D eigenvalue weighted by Crippen LogP contribution is 2.48. The fourth-order valence-corrected chi connectivity index (χ4v) is 3.67. The summed E-state index contributed by atoms with van der Waals surface area (Å²) in [5, 5.41) is 3.04. The second-order valence-electron chi connectivity index (χ2n) is 7.27. The van der Waals surface area contributed by atoms with Crippen molar-refractivity contribution in [2.24, 2.45) is 5.92 Å². The molecule has 1 unspecified atom stereocenters. The molecule has 0 bridgehead atoms.